The fourth-order valence-corrected chi connectivity index (χ4v) is 15.9. The van der Waals surface area contributed by atoms with Crippen LogP contribution in [0.25, 0.3) is 0 Å². The molecule has 3 nitrogen and oxygen atoms in total. The first kappa shape index (κ1) is 30.2. The van der Waals surface area contributed by atoms with Gasteiger partial charge in [0, 0.05) is 6.61 Å². The van der Waals surface area contributed by atoms with Crippen LogP contribution < -0.4 is 15.6 Å². The molecule has 0 saturated heterocycles. The molecule has 0 aliphatic carbocycles. The summed E-state index contributed by atoms with van der Waals surface area (Å²) < 4.78 is 14.0. The van der Waals surface area contributed by atoms with Crippen molar-refractivity contribution in [2.45, 2.75) is 77.6 Å². The number of aldehydes is 1. The van der Waals surface area contributed by atoms with Crippen LogP contribution in [-0.4, -0.2) is 35.6 Å². The molecule has 0 fully saturated rings. The van der Waals surface area contributed by atoms with Crippen molar-refractivity contribution in [2.24, 2.45) is 5.92 Å². The van der Waals surface area contributed by atoms with E-state index in [9.17, 15) is 4.79 Å². The Labute approximate surface area is 232 Å². The van der Waals surface area contributed by atoms with Gasteiger partial charge < -0.3 is 13.6 Å². The molecule has 204 valence electrons. The smallest absolute Gasteiger partial charge is 0.288 e. The van der Waals surface area contributed by atoms with Gasteiger partial charge >= 0.3 is 0 Å². The Hall–Kier alpha value is -2.32. The maximum absolute atomic E-state index is 12.7. The van der Waals surface area contributed by atoms with E-state index < -0.39 is 22.7 Å². The number of carbonyl (C=O) groups excluding carboxylic acids is 1. The zero-order chi connectivity index (χ0) is 27.8. The molecule has 0 aromatic heterocycles. The quantitative estimate of drug-likeness (QED) is 0.132. The lowest BCUT2D eigenvalue weighted by Gasteiger charge is -2.42. The van der Waals surface area contributed by atoms with Gasteiger partial charge in [-0.1, -0.05) is 139 Å². The van der Waals surface area contributed by atoms with E-state index in [0.717, 1.165) is 28.3 Å². The van der Waals surface area contributed by atoms with Crippen molar-refractivity contribution in [3.8, 4) is 0 Å². The third-order valence-corrected chi connectivity index (χ3v) is 18.4. The third kappa shape index (κ3) is 6.28. The SMILES string of the molecule is CC(C)[Si](OCC[C@@H](C)[C@H](C=O)O[Si](c1ccccc1)(c1ccccc1)c1ccccc1)(C(C)C)C(C)C. The van der Waals surface area contributed by atoms with Crippen LogP contribution >= 0.6 is 0 Å². The summed E-state index contributed by atoms with van der Waals surface area (Å²) in [7, 11) is -4.93. The molecule has 0 aliphatic heterocycles. The van der Waals surface area contributed by atoms with Crippen molar-refractivity contribution in [1.82, 2.24) is 0 Å². The standard InChI is InChI=1S/C33H46O3Si2/c1-26(2)37(27(3)4,28(5)6)35-24-23-29(7)33(25-34)36-38(30-17-11-8-12-18-30,31-19-13-9-14-20-31)32-21-15-10-16-22-32/h8-22,25-29,33H,23-24H2,1-7H3/t29-,33+/m1/s1. The lowest BCUT2D eigenvalue weighted by Crippen LogP contribution is -2.70. The number of rotatable bonds is 14. The molecule has 2 atom stereocenters. The highest BCUT2D eigenvalue weighted by atomic mass is 28.4. The number of benzene rings is 3. The van der Waals surface area contributed by atoms with Crippen LogP contribution in [0.1, 0.15) is 54.9 Å². The van der Waals surface area contributed by atoms with Crippen molar-refractivity contribution >= 4 is 38.5 Å². The second kappa shape index (κ2) is 13.7. The maximum Gasteiger partial charge on any atom is 0.288 e. The third-order valence-electron chi connectivity index (χ3n) is 8.18. The van der Waals surface area contributed by atoms with Crippen LogP contribution in [0.5, 0.6) is 0 Å². The van der Waals surface area contributed by atoms with E-state index in [1.54, 1.807) is 0 Å². The van der Waals surface area contributed by atoms with E-state index in [-0.39, 0.29) is 5.92 Å². The highest BCUT2D eigenvalue weighted by molar-refractivity contribution is 7.07. The van der Waals surface area contributed by atoms with Crippen molar-refractivity contribution in [1.29, 1.82) is 0 Å². The van der Waals surface area contributed by atoms with Gasteiger partial charge in [0.25, 0.3) is 8.32 Å². The second-order valence-electron chi connectivity index (χ2n) is 11.4. The van der Waals surface area contributed by atoms with Crippen LogP contribution in [0.3, 0.4) is 0 Å². The summed E-state index contributed by atoms with van der Waals surface area (Å²) in [5, 5.41) is 3.41. The van der Waals surface area contributed by atoms with Gasteiger partial charge in [0.05, 0.1) is 0 Å². The van der Waals surface area contributed by atoms with Gasteiger partial charge in [0.15, 0.2) is 8.32 Å². The average Bonchev–Trinajstić information content (AvgIpc) is 2.92. The first-order valence-electron chi connectivity index (χ1n) is 14.1. The van der Waals surface area contributed by atoms with Gasteiger partial charge in [0.2, 0.25) is 0 Å². The average molecular weight is 547 g/mol. The Bertz CT molecular complexity index is 982. The number of hydrogen-bond acceptors (Lipinski definition) is 3. The molecule has 3 rings (SSSR count). The molecular weight excluding hydrogens is 501 g/mol. The lowest BCUT2D eigenvalue weighted by molar-refractivity contribution is -0.116. The normalized spacial score (nSPS) is 14.2. The summed E-state index contributed by atoms with van der Waals surface area (Å²) >= 11 is 0. The Morgan fingerprint density at radius 3 is 1.32 bits per heavy atom. The lowest BCUT2D eigenvalue weighted by atomic mass is 10.0. The Balaban J connectivity index is 1.96. The molecule has 0 heterocycles. The van der Waals surface area contributed by atoms with Gasteiger partial charge in [-0.15, -0.1) is 0 Å². The maximum atomic E-state index is 12.7. The molecule has 5 heteroatoms. The molecule has 0 spiro atoms. The van der Waals surface area contributed by atoms with Crippen molar-refractivity contribution in [3.05, 3.63) is 91.0 Å². The molecule has 0 radical (unpaired) electrons. The summed E-state index contributed by atoms with van der Waals surface area (Å²) in [4.78, 5) is 12.7. The van der Waals surface area contributed by atoms with Gasteiger partial charge in [-0.25, -0.2) is 0 Å². The minimum Gasteiger partial charge on any atom is -0.416 e. The van der Waals surface area contributed by atoms with Gasteiger partial charge in [-0.05, 0) is 44.5 Å². The molecule has 0 unspecified atom stereocenters. The van der Waals surface area contributed by atoms with Gasteiger partial charge in [-0.3, -0.25) is 0 Å². The van der Waals surface area contributed by atoms with Crippen molar-refractivity contribution < 1.29 is 13.6 Å². The molecular formula is C33H46O3Si2. The highest BCUT2D eigenvalue weighted by Crippen LogP contribution is 2.42. The Morgan fingerprint density at radius 2 is 1.00 bits per heavy atom. The second-order valence-corrected chi connectivity index (χ2v) is 20.2. The summed E-state index contributed by atoms with van der Waals surface area (Å²) in [6.45, 7) is 16.7. The molecule has 0 N–H and O–H groups in total. The first-order valence-corrected chi connectivity index (χ1v) is 18.2. The van der Waals surface area contributed by atoms with Crippen LogP contribution in [0.2, 0.25) is 16.6 Å². The van der Waals surface area contributed by atoms with Gasteiger partial charge in [0.1, 0.15) is 12.4 Å². The molecule has 0 aliphatic rings. The monoisotopic (exact) mass is 546 g/mol. The molecule has 3 aromatic rings. The molecule has 0 saturated carbocycles. The van der Waals surface area contributed by atoms with E-state index in [2.05, 4.69) is 121 Å². The molecule has 0 bridgehead atoms. The largest absolute Gasteiger partial charge is 0.416 e. The van der Waals surface area contributed by atoms with Gasteiger partial charge in [-0.2, -0.15) is 0 Å². The van der Waals surface area contributed by atoms with Crippen LogP contribution in [0, 0.1) is 5.92 Å². The molecule has 0 amide bonds. The van der Waals surface area contributed by atoms with E-state index in [1.807, 2.05) is 18.2 Å². The predicted octanol–water partition coefficient (Wildman–Crippen LogP) is 6.46. The summed E-state index contributed by atoms with van der Waals surface area (Å²) in [6.07, 6.45) is 1.26. The fraction of sp³-hybridized carbons (Fsp3) is 0.424. The Morgan fingerprint density at radius 1 is 0.632 bits per heavy atom. The van der Waals surface area contributed by atoms with Crippen LogP contribution in [-0.2, 0) is 13.6 Å². The highest BCUT2D eigenvalue weighted by Gasteiger charge is 2.46. The molecule has 3 aromatic carbocycles. The summed E-state index contributed by atoms with van der Waals surface area (Å²) in [5.41, 5.74) is 1.60. The number of hydrogen-bond donors (Lipinski definition) is 0. The van der Waals surface area contributed by atoms with E-state index in [4.69, 9.17) is 8.85 Å². The zero-order valence-corrected chi connectivity index (χ0v) is 26.3. The minimum absolute atomic E-state index is 0.0219. The first-order chi connectivity index (χ1) is 18.2. The van der Waals surface area contributed by atoms with Crippen molar-refractivity contribution in [3.63, 3.8) is 0 Å². The minimum atomic E-state index is -2.96. The summed E-state index contributed by atoms with van der Waals surface area (Å²) in [5.74, 6) is 0.0219. The van der Waals surface area contributed by atoms with E-state index in [1.165, 1.54) is 0 Å². The van der Waals surface area contributed by atoms with E-state index >= 15 is 0 Å². The van der Waals surface area contributed by atoms with Crippen molar-refractivity contribution in [2.75, 3.05) is 6.61 Å². The number of carbonyl (C=O) groups is 1. The topological polar surface area (TPSA) is 35.5 Å². The van der Waals surface area contributed by atoms with Crippen LogP contribution in [0.4, 0.5) is 0 Å². The van der Waals surface area contributed by atoms with E-state index in [0.29, 0.717) is 23.2 Å². The Kier molecular flexibility index (Phi) is 10.9. The zero-order valence-electron chi connectivity index (χ0n) is 24.3. The molecule has 38 heavy (non-hydrogen) atoms. The predicted molar refractivity (Wildman–Crippen MR) is 166 cm³/mol. The fourth-order valence-electron chi connectivity index (χ4n) is 6.29. The van der Waals surface area contributed by atoms with Crippen LogP contribution in [0.15, 0.2) is 91.0 Å². The summed E-state index contributed by atoms with van der Waals surface area (Å²) in [6, 6.07) is 31.4.